The first-order valence-electron chi connectivity index (χ1n) is 31.5. The number of Topliss-reactive ketones (excluding diaryl/α,β-unsaturated/α-hetero) is 1. The summed E-state index contributed by atoms with van der Waals surface area (Å²) in [7, 11) is 0. The summed E-state index contributed by atoms with van der Waals surface area (Å²) in [6, 6.07) is 7.91. The van der Waals surface area contributed by atoms with Crippen LogP contribution in [0, 0.1) is 20.8 Å². The second kappa shape index (κ2) is 61.7. The number of nitrogens with zero attached hydrogens (tertiary/aromatic N) is 2. The number of para-hydroxylation sites is 1. The molecule has 0 saturated heterocycles. The van der Waals surface area contributed by atoms with Crippen molar-refractivity contribution in [3.63, 3.8) is 0 Å². The van der Waals surface area contributed by atoms with Gasteiger partial charge in [-0.25, -0.2) is 0 Å². The van der Waals surface area contributed by atoms with Crippen molar-refractivity contribution in [1.82, 2.24) is 14.8 Å². The molecule has 0 amide bonds. The van der Waals surface area contributed by atoms with Crippen molar-refractivity contribution in [3.05, 3.63) is 50.9 Å². The van der Waals surface area contributed by atoms with Crippen LogP contribution in [0.4, 0.5) is 0 Å². The summed E-state index contributed by atoms with van der Waals surface area (Å²) in [5.41, 5.74) is 2.21. The maximum atomic E-state index is 12.5. The van der Waals surface area contributed by atoms with Gasteiger partial charge in [0, 0.05) is 63.1 Å². The molecule has 0 bridgehead atoms. The summed E-state index contributed by atoms with van der Waals surface area (Å²) in [5, 5.41) is 11.4. The Labute approximate surface area is 502 Å². The fourth-order valence-electron chi connectivity index (χ4n) is 11.1. The number of ketones is 1. The second-order valence-electron chi connectivity index (χ2n) is 22.5. The summed E-state index contributed by atoms with van der Waals surface area (Å²) < 4.78 is 0. The number of unbranched alkanes of at least 4 members (excludes halogenated alkanes) is 36. The molecule has 0 aliphatic rings. The molecule has 1 radical (unpaired) electrons. The molecule has 0 spiro atoms. The monoisotopic (exact) mass is 1270 g/mol. The molecule has 1 heterocycles. The maximum absolute atomic E-state index is 12.5. The van der Waals surface area contributed by atoms with Gasteiger partial charge in [-0.2, -0.15) is 0 Å². The van der Waals surface area contributed by atoms with Crippen molar-refractivity contribution < 1.29 is 54.3 Å². The molecule has 2 unspecified atom stereocenters. The van der Waals surface area contributed by atoms with E-state index in [0.29, 0.717) is 18.1 Å². The smallest absolute Gasteiger partial charge is 0.321 e. The largest absolute Gasteiger partial charge is 0.480 e. The topological polar surface area (TPSA) is 76.6 Å². The number of carbonyl (C=O) groups excluding carboxylic acids is 1. The van der Waals surface area contributed by atoms with Crippen LogP contribution >= 0.6 is 0 Å². The van der Waals surface area contributed by atoms with Gasteiger partial charge in [-0.3, -0.25) is 19.4 Å². The molecule has 2 N–H and O–H groups in total. The van der Waals surface area contributed by atoms with Gasteiger partial charge in [0.05, 0.1) is 6.04 Å². The number of hydrogen-bond donors (Lipinski definition) is 2. The number of nitrogens with one attached hydrogen (secondary N) is 1. The van der Waals surface area contributed by atoms with Gasteiger partial charge in [-0.05, 0) is 76.3 Å². The van der Waals surface area contributed by atoms with E-state index in [0.717, 1.165) is 55.5 Å². The molecule has 2 rings (SSSR count). The molecule has 76 heavy (non-hydrogen) atoms. The summed E-state index contributed by atoms with van der Waals surface area (Å²) in [6.07, 6.45) is 56.3. The minimum Gasteiger partial charge on any atom is -0.480 e. The zero-order chi connectivity index (χ0) is 51.8. The van der Waals surface area contributed by atoms with Crippen LogP contribution in [0.15, 0.2) is 30.5 Å². The number of benzene rings is 1. The number of aromatic amines is 1. The molecule has 1 aromatic carbocycles. The van der Waals surface area contributed by atoms with E-state index in [1.54, 1.807) is 6.92 Å². The first-order valence-corrected chi connectivity index (χ1v) is 31.5. The molecule has 0 aliphatic carbocycles. The van der Waals surface area contributed by atoms with Crippen LogP contribution in [-0.4, -0.2) is 69.9 Å². The van der Waals surface area contributed by atoms with E-state index < -0.39 is 12.0 Å². The number of carboxylic acids is 1. The summed E-state index contributed by atoms with van der Waals surface area (Å²) in [6.45, 7) is 19.4. The molecule has 0 saturated carbocycles. The quantitative estimate of drug-likeness (QED) is 0.0510. The van der Waals surface area contributed by atoms with Crippen LogP contribution in [0.25, 0.3) is 10.9 Å². The van der Waals surface area contributed by atoms with Gasteiger partial charge in [0.2, 0.25) is 0 Å². The zero-order valence-electron chi connectivity index (χ0n) is 51.5. The average molecular weight is 1270 g/mol. The number of aliphatic carboxylic acids is 1. The van der Waals surface area contributed by atoms with Crippen LogP contribution in [0.5, 0.6) is 0 Å². The fourth-order valence-corrected chi connectivity index (χ4v) is 11.1. The standard InChI is InChI=1S/C35H60N2O2.C30H61NO.CH4.2CH3.V.W/c1-3-5-7-9-11-13-15-17-19-23-27-37(28-24-20-18-16-14-12-10-8-6-4-2)34(35(38)39)29-31-30-36-33-26-22-21-25-32(31)33;1-6-8-10-12-14-16-18-20-22-24-26-31(30(28(3)4)29(5)32)27-25-23-21-19-17-15-13-11-9-7-2;;;;;/h21-22,25-26,30,34,36H,3-20,23-24,27-29H2,1-2H3,(H,38,39);28,30H,6-27H2,1-5H3;1H4;2*1H3;;/q;;;2*-1;;. The van der Waals surface area contributed by atoms with Crippen molar-refractivity contribution in [1.29, 1.82) is 0 Å². The van der Waals surface area contributed by atoms with Gasteiger partial charge in [-0.1, -0.05) is 298 Å². The van der Waals surface area contributed by atoms with Gasteiger partial charge >= 0.3 is 5.97 Å². The summed E-state index contributed by atoms with van der Waals surface area (Å²) >= 11 is 0. The molecule has 0 aliphatic heterocycles. The van der Waals surface area contributed by atoms with Crippen molar-refractivity contribution in [3.8, 4) is 0 Å². The van der Waals surface area contributed by atoms with Gasteiger partial charge in [0.1, 0.15) is 11.8 Å². The number of fused-ring (bicyclic) bond motifs is 1. The van der Waals surface area contributed by atoms with E-state index in [9.17, 15) is 14.7 Å². The molecule has 2 atom stereocenters. The molecule has 1 aromatic heterocycles. The third-order valence-electron chi connectivity index (χ3n) is 15.5. The Balaban J connectivity index is -0.000000423. The van der Waals surface area contributed by atoms with Crippen LogP contribution in [0.3, 0.4) is 0 Å². The number of H-pyrrole nitrogens is 1. The zero-order valence-corrected chi connectivity index (χ0v) is 55.8. The first-order chi connectivity index (χ1) is 34.7. The Hall–Kier alpha value is -0.907. The van der Waals surface area contributed by atoms with Gasteiger partial charge in [0.25, 0.3) is 0 Å². The Morgan fingerprint density at radius 1 is 0.474 bits per heavy atom. The number of hydrogen-bond acceptors (Lipinski definition) is 4. The SMILES string of the molecule is C.CCCCCCCCCCCCN(CCCCCCCCCCCC)C(C(C)=O)C(C)C.CCCCCCCCCCCCN(CCCCCCCCCCCC)C(Cc1c[nH]c2ccccc12)C(=O)O.[CH3-].[CH3-].[V].[W]. The van der Waals surface area contributed by atoms with Crippen LogP contribution in [-0.2, 0) is 55.6 Å². The molecule has 449 valence electrons. The van der Waals surface area contributed by atoms with Crippen LogP contribution in [0.1, 0.15) is 318 Å². The molecule has 0 fully saturated rings. The van der Waals surface area contributed by atoms with E-state index in [2.05, 4.69) is 68.5 Å². The molecule has 8 heteroatoms. The Morgan fingerprint density at radius 2 is 0.750 bits per heavy atom. The Bertz CT molecular complexity index is 1420. The Morgan fingerprint density at radius 3 is 1.03 bits per heavy atom. The van der Waals surface area contributed by atoms with Gasteiger partial charge in [0.15, 0.2) is 0 Å². The van der Waals surface area contributed by atoms with E-state index in [1.165, 1.54) is 244 Å². The molecule has 6 nitrogen and oxygen atoms in total. The van der Waals surface area contributed by atoms with Crippen molar-refractivity contribution in [2.75, 3.05) is 26.2 Å². The minimum absolute atomic E-state index is 0. The number of carbonyl (C=O) groups is 2. The van der Waals surface area contributed by atoms with E-state index >= 15 is 0 Å². The maximum Gasteiger partial charge on any atom is 0.321 e. The minimum atomic E-state index is -0.681. The van der Waals surface area contributed by atoms with Gasteiger partial charge < -0.3 is 24.9 Å². The molecular formula is C68H131N3O3VW-2. The average Bonchev–Trinajstić information content (AvgIpc) is 3.77. The summed E-state index contributed by atoms with van der Waals surface area (Å²) in [5.74, 6) is 0.0948. The van der Waals surface area contributed by atoms with E-state index in [4.69, 9.17) is 0 Å². The third kappa shape index (κ3) is 45.8. The van der Waals surface area contributed by atoms with Crippen molar-refractivity contribution >= 4 is 22.7 Å². The fraction of sp³-hybridized carbons (Fsp3) is 0.824. The predicted molar refractivity (Wildman–Crippen MR) is 333 cm³/mol. The third-order valence-corrected chi connectivity index (χ3v) is 15.5. The number of rotatable bonds is 51. The predicted octanol–water partition coefficient (Wildman–Crippen LogP) is 21.6. The van der Waals surface area contributed by atoms with Crippen molar-refractivity contribution in [2.45, 2.75) is 331 Å². The van der Waals surface area contributed by atoms with E-state index in [1.807, 2.05) is 18.3 Å². The van der Waals surface area contributed by atoms with Crippen LogP contribution in [0.2, 0.25) is 0 Å². The Kier molecular flexibility index (Phi) is 68.1. The van der Waals surface area contributed by atoms with E-state index in [-0.39, 0.29) is 67.9 Å². The van der Waals surface area contributed by atoms with Gasteiger partial charge in [-0.15, -0.1) is 0 Å². The number of carboxylic acid groups (broad SMARTS) is 1. The number of aromatic nitrogens is 1. The summed E-state index contributed by atoms with van der Waals surface area (Å²) in [4.78, 5) is 33.0. The molecular weight excluding hydrogens is 1140 g/mol. The van der Waals surface area contributed by atoms with Crippen molar-refractivity contribution in [2.24, 2.45) is 5.92 Å². The molecule has 2 aromatic rings. The second-order valence-corrected chi connectivity index (χ2v) is 22.5. The first kappa shape index (κ1) is 83.9. The van der Waals surface area contributed by atoms with Crippen LogP contribution < -0.4 is 0 Å². The normalized spacial score (nSPS) is 11.8.